The lowest BCUT2D eigenvalue weighted by atomic mass is 10.0. The zero-order valence-electron chi connectivity index (χ0n) is 26.3. The average Bonchev–Trinajstić information content (AvgIpc) is 3.03. The number of rotatable bonds is 21. The third-order valence-corrected chi connectivity index (χ3v) is 7.57. The lowest BCUT2D eigenvalue weighted by molar-refractivity contribution is -0.384. The van der Waals surface area contributed by atoms with Crippen molar-refractivity contribution in [1.82, 2.24) is 0 Å². The van der Waals surface area contributed by atoms with Crippen LogP contribution in [0, 0.1) is 17.0 Å². The number of aryl methyl sites for hydroxylation is 1. The monoisotopic (exact) mass is 601 g/mol. The van der Waals surface area contributed by atoms with Crippen LogP contribution >= 0.6 is 0 Å². The molecule has 3 rings (SSSR count). The van der Waals surface area contributed by atoms with Gasteiger partial charge in [-0.25, -0.2) is 4.79 Å². The number of ether oxygens (including phenoxy) is 2. The lowest BCUT2D eigenvalue weighted by Crippen LogP contribution is -2.08. The maximum Gasteiger partial charge on any atom is 0.343 e. The highest BCUT2D eigenvalue weighted by atomic mass is 16.6. The number of unbranched alkanes of at least 4 members (excludes halogenated alkanes) is 13. The van der Waals surface area contributed by atoms with Gasteiger partial charge in [0.15, 0.2) is 0 Å². The number of carbonyl (C=O) groups is 1. The highest BCUT2D eigenvalue weighted by molar-refractivity contribution is 5.91. The Labute approximate surface area is 262 Å². The Balaban J connectivity index is 1.29. The van der Waals surface area contributed by atoms with Crippen LogP contribution in [0.15, 0.2) is 77.0 Å². The number of esters is 1. The molecule has 0 unspecified atom stereocenters. The number of hydrogen-bond acceptors (Lipinski definition) is 7. The first-order valence-corrected chi connectivity index (χ1v) is 16.2. The predicted octanol–water partition coefficient (Wildman–Crippen LogP) is 11.4. The van der Waals surface area contributed by atoms with Gasteiger partial charge in [0, 0.05) is 12.1 Å². The Kier molecular flexibility index (Phi) is 15.6. The maximum absolute atomic E-state index is 12.7. The van der Waals surface area contributed by atoms with Crippen molar-refractivity contribution in [3.8, 4) is 11.5 Å². The topological polar surface area (TPSA) is 103 Å². The van der Waals surface area contributed by atoms with Gasteiger partial charge in [0.1, 0.15) is 11.5 Å². The predicted molar refractivity (Wildman–Crippen MR) is 176 cm³/mol. The summed E-state index contributed by atoms with van der Waals surface area (Å²) in [7, 11) is 0. The zero-order valence-corrected chi connectivity index (χ0v) is 26.3. The number of hydrogen-bond donors (Lipinski definition) is 0. The fourth-order valence-electron chi connectivity index (χ4n) is 4.90. The number of nitro benzene ring substituents is 1. The molecule has 0 aliphatic heterocycles. The third-order valence-electron chi connectivity index (χ3n) is 7.57. The lowest BCUT2D eigenvalue weighted by Gasteiger charge is -2.09. The molecule has 0 radical (unpaired) electrons. The van der Waals surface area contributed by atoms with E-state index in [0.29, 0.717) is 29.3 Å². The molecule has 0 spiro atoms. The van der Waals surface area contributed by atoms with Crippen LogP contribution in [-0.4, -0.2) is 17.5 Å². The Morgan fingerprint density at radius 2 is 1.25 bits per heavy atom. The van der Waals surface area contributed by atoms with Crippen LogP contribution < -0.4 is 9.47 Å². The van der Waals surface area contributed by atoms with E-state index >= 15 is 0 Å². The first-order chi connectivity index (χ1) is 21.5. The molecule has 44 heavy (non-hydrogen) atoms. The fourth-order valence-corrected chi connectivity index (χ4v) is 4.90. The van der Waals surface area contributed by atoms with Crippen LogP contribution in [0.1, 0.15) is 113 Å². The van der Waals surface area contributed by atoms with E-state index in [2.05, 4.69) is 17.2 Å². The highest BCUT2D eigenvalue weighted by Gasteiger charge is 2.10. The van der Waals surface area contributed by atoms with Gasteiger partial charge in [0.25, 0.3) is 5.69 Å². The van der Waals surface area contributed by atoms with Gasteiger partial charge in [-0.05, 0) is 73.5 Å². The van der Waals surface area contributed by atoms with Crippen molar-refractivity contribution in [2.24, 2.45) is 10.2 Å². The molecule has 3 aromatic carbocycles. The molecule has 0 N–H and O–H groups in total. The van der Waals surface area contributed by atoms with Crippen LogP contribution in [-0.2, 0) is 0 Å². The SMILES string of the molecule is CCCCCCCCCCCCCCCCOc1ccc(C(=O)Oc2ccc(N=Nc3ccc([N+](=O)[O-])cc3)c(C)c2)cc1. The standard InChI is InChI=1S/C36H47N3O5/c1-3-4-5-6-7-8-9-10-11-12-13-14-15-16-27-43-33-23-17-30(18-24-33)36(40)44-34-25-26-35(29(2)28-34)38-37-31-19-21-32(22-20-31)39(41)42/h17-26,28H,3-16,27H2,1-2H3. The number of benzene rings is 3. The summed E-state index contributed by atoms with van der Waals surface area (Å²) in [5.74, 6) is 0.693. The van der Waals surface area contributed by atoms with E-state index in [9.17, 15) is 14.9 Å². The van der Waals surface area contributed by atoms with E-state index in [1.807, 2.05) is 6.92 Å². The molecule has 236 valence electrons. The van der Waals surface area contributed by atoms with E-state index < -0.39 is 10.9 Å². The van der Waals surface area contributed by atoms with Crippen molar-refractivity contribution in [1.29, 1.82) is 0 Å². The van der Waals surface area contributed by atoms with E-state index in [0.717, 1.165) is 17.7 Å². The Bertz CT molecular complexity index is 1310. The summed E-state index contributed by atoms with van der Waals surface area (Å²) in [6, 6.07) is 17.9. The minimum Gasteiger partial charge on any atom is -0.494 e. The summed E-state index contributed by atoms with van der Waals surface area (Å²) in [4.78, 5) is 23.0. The number of carbonyl (C=O) groups excluding carboxylic acids is 1. The van der Waals surface area contributed by atoms with Crippen molar-refractivity contribution < 1.29 is 19.2 Å². The summed E-state index contributed by atoms with van der Waals surface area (Å²) in [6.07, 6.45) is 18.6. The molecule has 0 aromatic heterocycles. The highest BCUT2D eigenvalue weighted by Crippen LogP contribution is 2.27. The Morgan fingerprint density at radius 3 is 1.80 bits per heavy atom. The molecule has 0 heterocycles. The van der Waals surface area contributed by atoms with Crippen LogP contribution in [0.25, 0.3) is 0 Å². The molecule has 8 heteroatoms. The number of non-ortho nitro benzene ring substituents is 1. The smallest absolute Gasteiger partial charge is 0.343 e. The summed E-state index contributed by atoms with van der Waals surface area (Å²) in [6.45, 7) is 4.78. The number of azo groups is 1. The summed E-state index contributed by atoms with van der Waals surface area (Å²) >= 11 is 0. The molecule has 8 nitrogen and oxygen atoms in total. The molecule has 0 atom stereocenters. The minimum atomic E-state index is -0.463. The van der Waals surface area contributed by atoms with Crippen molar-refractivity contribution in [3.63, 3.8) is 0 Å². The van der Waals surface area contributed by atoms with Crippen molar-refractivity contribution in [2.45, 2.75) is 104 Å². The second-order valence-corrected chi connectivity index (χ2v) is 11.3. The number of nitrogens with zero attached hydrogens (tertiary/aromatic N) is 3. The van der Waals surface area contributed by atoms with Gasteiger partial charge < -0.3 is 9.47 Å². The van der Waals surface area contributed by atoms with Gasteiger partial charge in [-0.2, -0.15) is 10.2 Å². The molecular weight excluding hydrogens is 554 g/mol. The number of nitro groups is 1. The van der Waals surface area contributed by atoms with Gasteiger partial charge in [-0.15, -0.1) is 0 Å². The molecular formula is C36H47N3O5. The molecule has 0 aliphatic carbocycles. The minimum absolute atomic E-state index is 0.00585. The molecule has 0 saturated heterocycles. The summed E-state index contributed by atoms with van der Waals surface area (Å²) in [5.41, 5.74) is 2.30. The molecule has 0 bridgehead atoms. The van der Waals surface area contributed by atoms with Crippen LogP contribution in [0.2, 0.25) is 0 Å². The summed E-state index contributed by atoms with van der Waals surface area (Å²) in [5, 5.41) is 19.1. The largest absolute Gasteiger partial charge is 0.494 e. The normalized spacial score (nSPS) is 11.1. The maximum atomic E-state index is 12.7. The van der Waals surface area contributed by atoms with Gasteiger partial charge >= 0.3 is 5.97 Å². The molecule has 0 fully saturated rings. The van der Waals surface area contributed by atoms with Crippen molar-refractivity contribution in [3.05, 3.63) is 88.0 Å². The zero-order chi connectivity index (χ0) is 31.4. The van der Waals surface area contributed by atoms with Gasteiger partial charge in [-0.1, -0.05) is 90.4 Å². The quantitative estimate of drug-likeness (QED) is 0.0302. The summed E-state index contributed by atoms with van der Waals surface area (Å²) < 4.78 is 11.4. The van der Waals surface area contributed by atoms with Crippen molar-refractivity contribution in [2.75, 3.05) is 6.61 Å². The van der Waals surface area contributed by atoms with Crippen molar-refractivity contribution >= 4 is 23.0 Å². The molecule has 0 amide bonds. The first kappa shape index (κ1) is 34.4. The van der Waals surface area contributed by atoms with Gasteiger partial charge in [0.05, 0.1) is 28.5 Å². The van der Waals surface area contributed by atoms with E-state index in [1.165, 1.54) is 108 Å². The Hall–Kier alpha value is -4.07. The molecule has 3 aromatic rings. The van der Waals surface area contributed by atoms with E-state index in [-0.39, 0.29) is 5.69 Å². The third kappa shape index (κ3) is 13.1. The second-order valence-electron chi connectivity index (χ2n) is 11.3. The van der Waals surface area contributed by atoms with E-state index in [4.69, 9.17) is 9.47 Å². The Morgan fingerprint density at radius 1 is 0.705 bits per heavy atom. The molecule has 0 saturated carbocycles. The fraction of sp³-hybridized carbons (Fsp3) is 0.472. The second kappa shape index (κ2) is 20.0. The first-order valence-electron chi connectivity index (χ1n) is 16.2. The van der Waals surface area contributed by atoms with Crippen LogP contribution in [0.4, 0.5) is 17.1 Å². The van der Waals surface area contributed by atoms with E-state index in [1.54, 1.807) is 42.5 Å². The average molecular weight is 602 g/mol. The van der Waals surface area contributed by atoms with Crippen LogP contribution in [0.5, 0.6) is 11.5 Å². The molecule has 0 aliphatic rings. The van der Waals surface area contributed by atoms with Gasteiger partial charge in [0.2, 0.25) is 0 Å². The van der Waals surface area contributed by atoms with Gasteiger partial charge in [-0.3, -0.25) is 10.1 Å². The van der Waals surface area contributed by atoms with Crippen LogP contribution in [0.3, 0.4) is 0 Å².